The third kappa shape index (κ3) is 5.31. The van der Waals surface area contributed by atoms with Gasteiger partial charge >= 0.3 is 0 Å². The minimum absolute atomic E-state index is 0.324. The molecule has 0 atom stereocenters. The van der Waals surface area contributed by atoms with E-state index in [0.717, 1.165) is 45.3 Å². The Labute approximate surface area is 312 Å². The number of hydrogen-bond acceptors (Lipinski definition) is 2. The summed E-state index contributed by atoms with van der Waals surface area (Å²) in [6.45, 7) is 9.01. The molecular weight excluding hydrogens is 681 g/mol. The van der Waals surface area contributed by atoms with Gasteiger partial charge in [0.1, 0.15) is 23.3 Å². The SMILES string of the molecule is CC1(C)c2cc(N(c3ccc(F)cc3)c3ccc(F)cc3)ccc2-c2cc3c(cc21)-c1ccc(N(c2ccc(F)cc2)c2ccc(F)cc2)cc1C3(C)C. The van der Waals surface area contributed by atoms with Gasteiger partial charge in [0.05, 0.1) is 0 Å². The molecule has 2 aliphatic carbocycles. The van der Waals surface area contributed by atoms with Gasteiger partial charge in [-0.05, 0) is 178 Å². The number of rotatable bonds is 6. The van der Waals surface area contributed by atoms with Crippen LogP contribution in [-0.2, 0) is 10.8 Å². The molecule has 0 spiro atoms. The molecule has 54 heavy (non-hydrogen) atoms. The lowest BCUT2D eigenvalue weighted by atomic mass is 9.79. The van der Waals surface area contributed by atoms with Gasteiger partial charge in [0.2, 0.25) is 0 Å². The van der Waals surface area contributed by atoms with Crippen LogP contribution in [0.4, 0.5) is 51.7 Å². The molecule has 266 valence electrons. The van der Waals surface area contributed by atoms with Crippen molar-refractivity contribution in [3.05, 3.63) is 191 Å². The van der Waals surface area contributed by atoms with Crippen LogP contribution >= 0.6 is 0 Å². The second-order valence-electron chi connectivity index (χ2n) is 15.2. The maximum atomic E-state index is 14.0. The van der Waals surface area contributed by atoms with Crippen molar-refractivity contribution < 1.29 is 17.6 Å². The molecule has 0 aromatic heterocycles. The van der Waals surface area contributed by atoms with Crippen LogP contribution in [0.15, 0.2) is 146 Å². The Morgan fingerprint density at radius 2 is 0.537 bits per heavy atom. The van der Waals surface area contributed by atoms with E-state index in [-0.39, 0.29) is 34.1 Å². The van der Waals surface area contributed by atoms with Gasteiger partial charge in [0.25, 0.3) is 0 Å². The summed E-state index contributed by atoms with van der Waals surface area (Å²) in [5.41, 5.74) is 13.7. The standard InChI is InChI=1S/C48H36F4N2/c1-47(2)43-25-37(53(33-13-5-29(49)6-14-33)34-15-7-30(50)8-16-34)21-23-39(43)41-28-46-42(27-45(41)47)40-24-22-38(26-44(40)48(46,3)4)54(35-17-9-31(51)10-18-35)36-19-11-32(52)12-20-36/h5-28H,1-4H3. The summed E-state index contributed by atoms with van der Waals surface area (Å²) in [5, 5.41) is 0. The molecule has 0 heterocycles. The Morgan fingerprint density at radius 3 is 0.815 bits per heavy atom. The molecule has 0 saturated carbocycles. The molecule has 7 aromatic rings. The Balaban J connectivity index is 1.14. The predicted octanol–water partition coefficient (Wildman–Crippen LogP) is 13.8. The van der Waals surface area contributed by atoms with E-state index in [4.69, 9.17) is 0 Å². The van der Waals surface area contributed by atoms with E-state index in [1.807, 2.05) is 9.80 Å². The summed E-state index contributed by atoms with van der Waals surface area (Å²) in [7, 11) is 0. The van der Waals surface area contributed by atoms with E-state index in [0.29, 0.717) is 0 Å². The molecule has 2 nitrogen and oxygen atoms in total. The highest BCUT2D eigenvalue weighted by atomic mass is 19.1. The number of anilines is 6. The summed E-state index contributed by atoms with van der Waals surface area (Å²) >= 11 is 0. The Kier molecular flexibility index (Phi) is 7.61. The van der Waals surface area contributed by atoms with E-state index in [1.54, 1.807) is 48.5 Å². The minimum atomic E-state index is -0.345. The zero-order chi connectivity index (χ0) is 37.5. The minimum Gasteiger partial charge on any atom is -0.310 e. The van der Waals surface area contributed by atoms with Gasteiger partial charge in [-0.2, -0.15) is 0 Å². The van der Waals surface area contributed by atoms with Crippen LogP contribution in [0.5, 0.6) is 0 Å². The Bertz CT molecular complexity index is 2300. The van der Waals surface area contributed by atoms with Crippen molar-refractivity contribution >= 4 is 34.1 Å². The quantitative estimate of drug-likeness (QED) is 0.158. The van der Waals surface area contributed by atoms with Gasteiger partial charge in [-0.3, -0.25) is 0 Å². The molecule has 9 rings (SSSR count). The highest BCUT2D eigenvalue weighted by molar-refractivity contribution is 5.92. The average Bonchev–Trinajstić information content (AvgIpc) is 3.52. The molecule has 0 amide bonds. The zero-order valence-corrected chi connectivity index (χ0v) is 30.3. The van der Waals surface area contributed by atoms with Crippen molar-refractivity contribution in [1.29, 1.82) is 0 Å². The largest absolute Gasteiger partial charge is 0.310 e. The highest BCUT2D eigenvalue weighted by Gasteiger charge is 2.42. The van der Waals surface area contributed by atoms with Crippen molar-refractivity contribution in [1.82, 2.24) is 0 Å². The summed E-state index contributed by atoms with van der Waals surface area (Å²) in [4.78, 5) is 4.05. The molecule has 2 aliphatic rings. The fourth-order valence-electron chi connectivity index (χ4n) is 8.47. The van der Waals surface area contributed by atoms with Crippen LogP contribution in [0.1, 0.15) is 49.9 Å². The summed E-state index contributed by atoms with van der Waals surface area (Å²) in [5.74, 6) is -1.30. The molecule has 0 unspecified atom stereocenters. The van der Waals surface area contributed by atoms with Gasteiger partial charge in [-0.1, -0.05) is 39.8 Å². The van der Waals surface area contributed by atoms with Crippen LogP contribution in [0, 0.1) is 23.3 Å². The Hall–Kier alpha value is -6.14. The van der Waals surface area contributed by atoms with Gasteiger partial charge in [0, 0.05) is 45.0 Å². The lowest BCUT2D eigenvalue weighted by molar-refractivity contribution is 0.627. The second-order valence-corrected chi connectivity index (χ2v) is 15.2. The van der Waals surface area contributed by atoms with Crippen molar-refractivity contribution in [3.8, 4) is 22.3 Å². The van der Waals surface area contributed by atoms with Crippen LogP contribution in [0.2, 0.25) is 0 Å². The average molecular weight is 717 g/mol. The highest BCUT2D eigenvalue weighted by Crippen LogP contribution is 2.57. The van der Waals surface area contributed by atoms with Crippen LogP contribution in [0.25, 0.3) is 22.3 Å². The summed E-state index contributed by atoms with van der Waals surface area (Å²) in [6, 6.07) is 43.0. The monoisotopic (exact) mass is 716 g/mol. The molecule has 6 heteroatoms. The first-order chi connectivity index (χ1) is 25.9. The molecule has 0 saturated heterocycles. The third-order valence-corrected chi connectivity index (χ3v) is 11.3. The molecule has 0 radical (unpaired) electrons. The first-order valence-electron chi connectivity index (χ1n) is 18.0. The van der Waals surface area contributed by atoms with Crippen molar-refractivity contribution in [2.24, 2.45) is 0 Å². The van der Waals surface area contributed by atoms with Crippen LogP contribution in [0.3, 0.4) is 0 Å². The molecule has 7 aromatic carbocycles. The number of nitrogens with zero attached hydrogens (tertiary/aromatic N) is 2. The number of benzene rings is 7. The van der Waals surface area contributed by atoms with E-state index >= 15 is 0 Å². The van der Waals surface area contributed by atoms with Gasteiger partial charge in [-0.15, -0.1) is 0 Å². The van der Waals surface area contributed by atoms with E-state index < -0.39 is 0 Å². The third-order valence-electron chi connectivity index (χ3n) is 11.3. The second kappa shape index (κ2) is 12.2. The van der Waals surface area contributed by atoms with Crippen LogP contribution in [-0.4, -0.2) is 0 Å². The molecule has 0 aliphatic heterocycles. The maximum absolute atomic E-state index is 14.0. The lowest BCUT2D eigenvalue weighted by Gasteiger charge is -2.28. The van der Waals surface area contributed by atoms with Crippen molar-refractivity contribution in [2.45, 2.75) is 38.5 Å². The normalized spacial score (nSPS) is 14.2. The van der Waals surface area contributed by atoms with Crippen LogP contribution < -0.4 is 9.80 Å². The number of fused-ring (bicyclic) bond motifs is 6. The van der Waals surface area contributed by atoms with Gasteiger partial charge in [-0.25, -0.2) is 17.6 Å². The lowest BCUT2D eigenvalue weighted by Crippen LogP contribution is -2.18. The first-order valence-corrected chi connectivity index (χ1v) is 18.0. The van der Waals surface area contributed by atoms with Crippen molar-refractivity contribution in [3.63, 3.8) is 0 Å². The zero-order valence-electron chi connectivity index (χ0n) is 30.3. The number of hydrogen-bond donors (Lipinski definition) is 0. The van der Waals surface area contributed by atoms with Gasteiger partial charge in [0.15, 0.2) is 0 Å². The fraction of sp³-hybridized carbons (Fsp3) is 0.125. The molecular formula is C48H36F4N2. The van der Waals surface area contributed by atoms with Gasteiger partial charge < -0.3 is 9.80 Å². The smallest absolute Gasteiger partial charge is 0.123 e. The predicted molar refractivity (Wildman–Crippen MR) is 211 cm³/mol. The molecule has 0 fully saturated rings. The van der Waals surface area contributed by atoms with E-state index in [9.17, 15) is 17.6 Å². The topological polar surface area (TPSA) is 6.48 Å². The summed E-state index contributed by atoms with van der Waals surface area (Å²) < 4.78 is 56.1. The summed E-state index contributed by atoms with van der Waals surface area (Å²) in [6.07, 6.45) is 0. The number of halogens is 4. The molecule has 0 bridgehead atoms. The maximum Gasteiger partial charge on any atom is 0.123 e. The van der Waals surface area contributed by atoms with E-state index in [2.05, 4.69) is 76.2 Å². The molecule has 0 N–H and O–H groups in total. The first kappa shape index (κ1) is 33.7. The van der Waals surface area contributed by atoms with E-state index in [1.165, 1.54) is 81.9 Å². The Morgan fingerprint density at radius 1 is 0.296 bits per heavy atom. The van der Waals surface area contributed by atoms with Crippen molar-refractivity contribution in [2.75, 3.05) is 9.80 Å². The fourth-order valence-corrected chi connectivity index (χ4v) is 8.47.